The van der Waals surface area contributed by atoms with Crippen LogP contribution < -0.4 is 5.32 Å². The minimum absolute atomic E-state index is 0.0494. The number of hydrogen-bond donors (Lipinski definition) is 1. The highest BCUT2D eigenvalue weighted by Gasteiger charge is 2.20. The van der Waals surface area contributed by atoms with E-state index >= 15 is 0 Å². The lowest BCUT2D eigenvalue weighted by atomic mass is 10.0. The number of carbonyl (C=O) groups excluding carboxylic acids is 1. The number of carbonyl (C=O) groups is 1. The summed E-state index contributed by atoms with van der Waals surface area (Å²) < 4.78 is 4.87. The van der Waals surface area contributed by atoms with E-state index in [1.54, 1.807) is 19.2 Å². The molecule has 2 heterocycles. The molecule has 4 nitrogen and oxygen atoms in total. The van der Waals surface area contributed by atoms with E-state index in [-0.39, 0.29) is 12.2 Å². The van der Waals surface area contributed by atoms with Crippen molar-refractivity contribution in [3.05, 3.63) is 34.2 Å². The van der Waals surface area contributed by atoms with Gasteiger partial charge in [-0.05, 0) is 24.4 Å². The second-order valence-corrected chi connectivity index (χ2v) is 4.18. The average molecular weight is 246 g/mol. The van der Waals surface area contributed by atoms with E-state index in [1.807, 2.05) is 17.5 Å². The Morgan fingerprint density at radius 1 is 1.65 bits per heavy atom. The monoisotopic (exact) mass is 246 g/mol. The van der Waals surface area contributed by atoms with Crippen LogP contribution in [-0.2, 0) is 9.53 Å². The number of nitrogens with one attached hydrogen (secondary N) is 1. The van der Waals surface area contributed by atoms with E-state index in [4.69, 9.17) is 10.00 Å². The largest absolute Gasteiger partial charge is 0.462 e. The number of anilines is 1. The molecule has 0 saturated heterocycles. The van der Waals surface area contributed by atoms with Crippen molar-refractivity contribution in [1.29, 1.82) is 5.26 Å². The van der Waals surface area contributed by atoms with Crippen molar-refractivity contribution in [2.45, 2.75) is 6.92 Å². The van der Waals surface area contributed by atoms with Crippen LogP contribution in [0.15, 0.2) is 29.3 Å². The van der Waals surface area contributed by atoms with Crippen LogP contribution >= 0.6 is 11.3 Å². The molecule has 86 valence electrons. The second kappa shape index (κ2) is 4.85. The first-order valence-corrected chi connectivity index (χ1v) is 5.98. The highest BCUT2D eigenvalue weighted by Crippen LogP contribution is 2.35. The van der Waals surface area contributed by atoms with Crippen LogP contribution in [0.4, 0.5) is 5.69 Å². The zero-order valence-corrected chi connectivity index (χ0v) is 10.0. The maximum absolute atomic E-state index is 11.7. The molecule has 0 amide bonds. The van der Waals surface area contributed by atoms with E-state index < -0.39 is 5.97 Å². The van der Waals surface area contributed by atoms with Gasteiger partial charge in [-0.15, -0.1) is 11.3 Å². The van der Waals surface area contributed by atoms with Crippen LogP contribution in [-0.4, -0.2) is 12.6 Å². The zero-order valence-electron chi connectivity index (χ0n) is 9.19. The maximum atomic E-state index is 11.7. The topological polar surface area (TPSA) is 62.1 Å². The van der Waals surface area contributed by atoms with Crippen molar-refractivity contribution >= 4 is 28.6 Å². The van der Waals surface area contributed by atoms with Gasteiger partial charge in [-0.3, -0.25) is 0 Å². The van der Waals surface area contributed by atoms with E-state index in [1.165, 1.54) is 11.3 Å². The fourth-order valence-electron chi connectivity index (χ4n) is 1.54. The Morgan fingerprint density at radius 3 is 3.18 bits per heavy atom. The fraction of sp³-hybridized carbons (Fsp3) is 0.167. The summed E-state index contributed by atoms with van der Waals surface area (Å²) in [7, 11) is 0. The van der Waals surface area contributed by atoms with Crippen LogP contribution in [0, 0.1) is 11.3 Å². The molecular weight excluding hydrogens is 236 g/mol. The standard InChI is InChI=1S/C12H10N2O2S/c1-2-16-12(15)9(7-13)8-3-5-14-10-4-6-17-11(8)10/h3-6,14H,2H2,1H3/b9-8-. The molecule has 0 aliphatic carbocycles. The van der Waals surface area contributed by atoms with Gasteiger partial charge in [0.1, 0.15) is 11.6 Å². The highest BCUT2D eigenvalue weighted by molar-refractivity contribution is 7.11. The molecule has 17 heavy (non-hydrogen) atoms. The number of nitriles is 1. The summed E-state index contributed by atoms with van der Waals surface area (Å²) in [5, 5.41) is 14.0. The van der Waals surface area contributed by atoms with Crippen molar-refractivity contribution in [3.63, 3.8) is 0 Å². The Bertz CT molecular complexity index is 549. The van der Waals surface area contributed by atoms with Crippen molar-refractivity contribution in [2.75, 3.05) is 11.9 Å². The third kappa shape index (κ3) is 2.08. The first-order valence-electron chi connectivity index (χ1n) is 5.10. The maximum Gasteiger partial charge on any atom is 0.349 e. The lowest BCUT2D eigenvalue weighted by Crippen LogP contribution is -2.09. The molecular formula is C12H10N2O2S. The minimum atomic E-state index is -0.573. The quantitative estimate of drug-likeness (QED) is 0.495. The minimum Gasteiger partial charge on any atom is -0.462 e. The van der Waals surface area contributed by atoms with Gasteiger partial charge in [0.05, 0.1) is 17.2 Å². The van der Waals surface area contributed by atoms with Crippen molar-refractivity contribution in [1.82, 2.24) is 0 Å². The second-order valence-electron chi connectivity index (χ2n) is 3.26. The molecule has 0 saturated carbocycles. The van der Waals surface area contributed by atoms with Gasteiger partial charge in [0.15, 0.2) is 0 Å². The summed E-state index contributed by atoms with van der Waals surface area (Å²) in [6.45, 7) is 1.98. The number of thiophene rings is 1. The summed E-state index contributed by atoms with van der Waals surface area (Å²) in [5.74, 6) is -0.573. The highest BCUT2D eigenvalue weighted by atomic mass is 32.1. The molecule has 0 spiro atoms. The van der Waals surface area contributed by atoms with Crippen LogP contribution in [0.1, 0.15) is 11.8 Å². The van der Waals surface area contributed by atoms with Gasteiger partial charge in [-0.1, -0.05) is 0 Å². The van der Waals surface area contributed by atoms with Crippen LogP contribution in [0.3, 0.4) is 0 Å². The Hall–Kier alpha value is -2.06. The van der Waals surface area contributed by atoms with Crippen LogP contribution in [0.5, 0.6) is 0 Å². The molecule has 1 N–H and O–H groups in total. The molecule has 0 aromatic carbocycles. The number of esters is 1. The number of hydrogen-bond acceptors (Lipinski definition) is 5. The lowest BCUT2D eigenvalue weighted by Gasteiger charge is -2.12. The predicted molar refractivity (Wildman–Crippen MR) is 66.2 cm³/mol. The molecule has 0 radical (unpaired) electrons. The van der Waals surface area contributed by atoms with E-state index in [0.717, 1.165) is 10.6 Å². The van der Waals surface area contributed by atoms with Gasteiger partial charge in [0.2, 0.25) is 0 Å². The van der Waals surface area contributed by atoms with Crippen LogP contribution in [0.25, 0.3) is 5.57 Å². The molecule has 0 bridgehead atoms. The van der Waals surface area contributed by atoms with E-state index in [9.17, 15) is 4.79 Å². The molecule has 1 aromatic heterocycles. The lowest BCUT2D eigenvalue weighted by molar-refractivity contribution is -0.137. The predicted octanol–water partition coefficient (Wildman–Crippen LogP) is 2.53. The summed E-state index contributed by atoms with van der Waals surface area (Å²) in [6.07, 6.45) is 3.43. The SMILES string of the molecule is CCOC(=O)/C(C#N)=C1/C=CNc2ccsc21. The molecule has 1 aromatic rings. The molecule has 5 heteroatoms. The number of allylic oxidation sites excluding steroid dienone is 2. The molecule has 0 fully saturated rings. The Labute approximate surface area is 103 Å². The number of ether oxygens (including phenoxy) is 1. The van der Waals surface area contributed by atoms with Crippen molar-refractivity contribution in [3.8, 4) is 6.07 Å². The summed E-state index contributed by atoms with van der Waals surface area (Å²) in [4.78, 5) is 12.5. The van der Waals surface area contributed by atoms with Gasteiger partial charge >= 0.3 is 5.97 Å². The van der Waals surface area contributed by atoms with Gasteiger partial charge in [-0.25, -0.2) is 4.79 Å². The Balaban J connectivity index is 2.50. The van der Waals surface area contributed by atoms with Crippen LogP contribution in [0.2, 0.25) is 0 Å². The van der Waals surface area contributed by atoms with Crippen molar-refractivity contribution in [2.24, 2.45) is 0 Å². The summed E-state index contributed by atoms with van der Waals surface area (Å²) in [6, 6.07) is 3.83. The molecule has 1 aliphatic rings. The molecule has 2 rings (SSSR count). The summed E-state index contributed by atoms with van der Waals surface area (Å²) >= 11 is 1.48. The average Bonchev–Trinajstić information content (AvgIpc) is 2.79. The van der Waals surface area contributed by atoms with Crippen molar-refractivity contribution < 1.29 is 9.53 Å². The fourth-order valence-corrected chi connectivity index (χ4v) is 2.43. The third-order valence-corrected chi connectivity index (χ3v) is 3.21. The first-order chi connectivity index (χ1) is 8.27. The van der Waals surface area contributed by atoms with Gasteiger partial charge in [0.25, 0.3) is 0 Å². The van der Waals surface area contributed by atoms with Gasteiger partial charge < -0.3 is 10.1 Å². The van der Waals surface area contributed by atoms with E-state index in [2.05, 4.69) is 5.32 Å². The Morgan fingerprint density at radius 2 is 2.47 bits per heavy atom. The molecule has 0 unspecified atom stereocenters. The molecule has 0 atom stereocenters. The van der Waals surface area contributed by atoms with E-state index in [0.29, 0.717) is 5.57 Å². The number of rotatable bonds is 2. The molecule has 1 aliphatic heterocycles. The normalized spacial score (nSPS) is 15.5. The smallest absolute Gasteiger partial charge is 0.349 e. The number of fused-ring (bicyclic) bond motifs is 1. The Kier molecular flexibility index (Phi) is 3.26. The third-order valence-electron chi connectivity index (χ3n) is 2.26. The summed E-state index contributed by atoms with van der Waals surface area (Å²) in [5.41, 5.74) is 1.58. The first kappa shape index (κ1) is 11.4. The number of nitrogens with zero attached hydrogens (tertiary/aromatic N) is 1. The van der Waals surface area contributed by atoms with Gasteiger partial charge in [0, 0.05) is 11.8 Å². The van der Waals surface area contributed by atoms with Gasteiger partial charge in [-0.2, -0.15) is 5.26 Å². The zero-order chi connectivity index (χ0) is 12.3.